The Balaban J connectivity index is 2.33. The molecule has 0 N–H and O–H groups in total. The molecule has 0 aliphatic rings. The summed E-state index contributed by atoms with van der Waals surface area (Å²) in [7, 11) is 0. The maximum absolute atomic E-state index is 12.5. The van der Waals surface area contributed by atoms with Crippen molar-refractivity contribution in [2.24, 2.45) is 0 Å². The summed E-state index contributed by atoms with van der Waals surface area (Å²) >= 11 is 3.36. The first-order valence-corrected chi connectivity index (χ1v) is 9.16. The molecule has 0 spiro atoms. The van der Waals surface area contributed by atoms with E-state index in [9.17, 15) is 8.78 Å². The van der Waals surface area contributed by atoms with Crippen molar-refractivity contribution in [1.82, 2.24) is 0 Å². The van der Waals surface area contributed by atoms with Crippen LogP contribution in [0.1, 0.15) is 25.3 Å². The Morgan fingerprint density at radius 1 is 1.29 bits per heavy atom. The molecule has 96 valence electrons. The van der Waals surface area contributed by atoms with Gasteiger partial charge in [-0.15, -0.1) is 0 Å². The van der Waals surface area contributed by atoms with Gasteiger partial charge in [0, 0.05) is 0 Å². The summed E-state index contributed by atoms with van der Waals surface area (Å²) in [4.78, 5) is 1.16. The molecule has 1 aromatic carbocycles. The van der Waals surface area contributed by atoms with Crippen LogP contribution in [0.25, 0.3) is 0 Å². The minimum atomic E-state index is -2.65. The average Bonchev–Trinajstić information content (AvgIpc) is 2.24. The van der Waals surface area contributed by atoms with Crippen LogP contribution in [0.3, 0.4) is 0 Å². The van der Waals surface area contributed by atoms with Crippen LogP contribution >= 0.6 is 27.7 Å². The molecule has 0 aliphatic heterocycles. The Labute approximate surface area is 120 Å². The monoisotopic (exact) mass is 388 g/mol. The number of hydrogen-bond donors (Lipinski definition) is 0. The van der Waals surface area contributed by atoms with Gasteiger partial charge >= 0.3 is 121 Å². The summed E-state index contributed by atoms with van der Waals surface area (Å²) in [6, 6.07) is 8.35. The minimum absolute atomic E-state index is 0.532. The third kappa shape index (κ3) is 6.80. The van der Waals surface area contributed by atoms with Crippen LogP contribution < -0.4 is 0 Å². The molecular weight excluding hydrogens is 373 g/mol. The van der Waals surface area contributed by atoms with E-state index >= 15 is 0 Å². The van der Waals surface area contributed by atoms with Gasteiger partial charge in [0.2, 0.25) is 0 Å². The molecule has 17 heavy (non-hydrogen) atoms. The summed E-state index contributed by atoms with van der Waals surface area (Å²) in [6.07, 6.45) is 0. The average molecular weight is 388 g/mol. The van der Waals surface area contributed by atoms with Gasteiger partial charge in [0.05, 0.1) is 0 Å². The van der Waals surface area contributed by atoms with Crippen molar-refractivity contribution in [2.45, 2.75) is 33.7 Å². The van der Waals surface area contributed by atoms with Gasteiger partial charge in [-0.2, -0.15) is 0 Å². The van der Waals surface area contributed by atoms with Crippen molar-refractivity contribution < 1.29 is 8.78 Å². The molecule has 0 radical (unpaired) electrons. The van der Waals surface area contributed by atoms with Gasteiger partial charge in [-0.1, -0.05) is 0 Å². The second-order valence-corrected chi connectivity index (χ2v) is 9.75. The molecule has 0 nitrogen and oxygen atoms in total. The molecule has 0 aromatic heterocycles. The van der Waals surface area contributed by atoms with Crippen LogP contribution in [0.2, 0.25) is 5.32 Å². The van der Waals surface area contributed by atoms with E-state index < -0.39 is 18.7 Å². The number of benzene rings is 1. The van der Waals surface area contributed by atoms with Crippen molar-refractivity contribution in [3.63, 3.8) is 0 Å². The van der Waals surface area contributed by atoms with Crippen LogP contribution in [0, 0.1) is 0 Å². The van der Waals surface area contributed by atoms with Gasteiger partial charge in [0.1, 0.15) is 0 Å². The summed E-state index contributed by atoms with van der Waals surface area (Å²) < 4.78 is 22.4. The number of alkyl halides is 3. The van der Waals surface area contributed by atoms with Crippen LogP contribution in [-0.2, 0) is 0 Å². The fourth-order valence-electron chi connectivity index (χ4n) is 1.27. The molecule has 0 aliphatic carbocycles. The first-order chi connectivity index (χ1) is 7.88. The van der Waals surface area contributed by atoms with Crippen LogP contribution in [0.15, 0.2) is 29.2 Å². The molecule has 5 heteroatoms. The first-order valence-electron chi connectivity index (χ1n) is 5.32. The summed E-state index contributed by atoms with van der Waals surface area (Å²) in [5.74, 6) is 1.28. The van der Waals surface area contributed by atoms with Crippen molar-refractivity contribution in [1.29, 1.82) is 0 Å². The van der Waals surface area contributed by atoms with Gasteiger partial charge in [-0.3, -0.25) is 0 Å². The topological polar surface area (TPSA) is 0 Å². The van der Waals surface area contributed by atoms with Gasteiger partial charge < -0.3 is 0 Å². The quantitative estimate of drug-likeness (QED) is 0.287. The molecule has 0 bridgehead atoms. The van der Waals surface area contributed by atoms with Crippen molar-refractivity contribution >= 4 is 42.6 Å². The van der Waals surface area contributed by atoms with E-state index in [4.69, 9.17) is 0 Å². The second kappa shape index (κ2) is 7.13. The zero-order valence-corrected chi connectivity index (χ0v) is 13.9. The fourth-order valence-corrected chi connectivity index (χ4v) is 4.37. The standard InChI is InChI=1S/C12H15BrF2SSe/c1-9(2)10-3-5-11(6-4-10)16-7-8-17-12(13,14)15/h3-6,9H,7-8H2,1-2H3. The fraction of sp³-hybridized carbons (Fsp3) is 0.500. The molecule has 0 saturated carbocycles. The predicted octanol–water partition coefficient (Wildman–Crippen LogP) is 4.97. The summed E-state index contributed by atoms with van der Waals surface area (Å²) in [5, 5.41) is 0.571. The molecule has 1 rings (SSSR count). The predicted molar refractivity (Wildman–Crippen MR) is 75.7 cm³/mol. The van der Waals surface area contributed by atoms with Crippen LogP contribution in [-0.4, -0.2) is 24.4 Å². The van der Waals surface area contributed by atoms with Crippen LogP contribution in [0.5, 0.6) is 0 Å². The summed E-state index contributed by atoms with van der Waals surface area (Å²) in [5.41, 5.74) is 1.31. The van der Waals surface area contributed by atoms with E-state index in [1.165, 1.54) is 5.56 Å². The third-order valence-corrected chi connectivity index (χ3v) is 6.49. The van der Waals surface area contributed by atoms with E-state index in [1.54, 1.807) is 11.8 Å². The number of halogens is 3. The first kappa shape index (κ1) is 15.5. The molecule has 0 heterocycles. The number of hydrogen-bond acceptors (Lipinski definition) is 1. The van der Waals surface area contributed by atoms with Crippen molar-refractivity contribution in [2.75, 3.05) is 5.75 Å². The van der Waals surface area contributed by atoms with Crippen molar-refractivity contribution in [3.8, 4) is 0 Å². The molecule has 0 amide bonds. The van der Waals surface area contributed by atoms with Gasteiger partial charge in [0.15, 0.2) is 0 Å². The normalized spacial score (nSPS) is 12.1. The Kier molecular flexibility index (Phi) is 6.49. The molecule has 0 fully saturated rings. The SMILES string of the molecule is CC(C)c1ccc(SCC[Se]C(F)(F)Br)cc1. The third-order valence-electron chi connectivity index (χ3n) is 2.16. The van der Waals surface area contributed by atoms with Gasteiger partial charge in [-0.05, 0) is 0 Å². The van der Waals surface area contributed by atoms with E-state index in [-0.39, 0.29) is 0 Å². The maximum atomic E-state index is 12.5. The Hall–Kier alpha value is 0.429. The van der Waals surface area contributed by atoms with Gasteiger partial charge in [-0.25, -0.2) is 0 Å². The zero-order valence-electron chi connectivity index (χ0n) is 9.75. The molecule has 1 aromatic rings. The van der Waals surface area contributed by atoms with E-state index in [2.05, 4.69) is 54.0 Å². The Bertz CT molecular complexity index is 335. The van der Waals surface area contributed by atoms with Crippen molar-refractivity contribution in [3.05, 3.63) is 29.8 Å². The number of rotatable bonds is 6. The van der Waals surface area contributed by atoms with E-state index in [1.807, 2.05) is 0 Å². The van der Waals surface area contributed by atoms with Gasteiger partial charge in [0.25, 0.3) is 0 Å². The Morgan fingerprint density at radius 3 is 2.35 bits per heavy atom. The Morgan fingerprint density at radius 2 is 1.88 bits per heavy atom. The molecular formula is C12H15BrF2SSe. The molecule has 0 saturated heterocycles. The molecule has 0 atom stereocenters. The summed E-state index contributed by atoms with van der Waals surface area (Å²) in [6.45, 7) is 4.31. The van der Waals surface area contributed by atoms with E-state index in [0.717, 1.165) is 10.6 Å². The number of thioether (sulfide) groups is 1. The zero-order chi connectivity index (χ0) is 12.9. The van der Waals surface area contributed by atoms with E-state index in [0.29, 0.717) is 11.2 Å². The second-order valence-electron chi connectivity index (χ2n) is 3.87. The van der Waals surface area contributed by atoms with Crippen LogP contribution in [0.4, 0.5) is 8.78 Å². The molecule has 0 unspecified atom stereocenters.